The second-order valence-electron chi connectivity index (χ2n) is 9.77. The Hall–Kier alpha value is -3.53. The number of amides is 2. The molecule has 1 N–H and O–H groups in total. The normalized spacial score (nSPS) is 21.6. The smallest absolute Gasteiger partial charge is 0.269 e. The molecule has 0 spiro atoms. The van der Waals surface area contributed by atoms with Gasteiger partial charge in [0.15, 0.2) is 0 Å². The highest BCUT2D eigenvalue weighted by molar-refractivity contribution is 5.82. The van der Waals surface area contributed by atoms with E-state index in [1.807, 2.05) is 4.90 Å². The predicted octanol–water partition coefficient (Wildman–Crippen LogP) is 2.34. The van der Waals surface area contributed by atoms with Gasteiger partial charge in [-0.1, -0.05) is 18.2 Å². The van der Waals surface area contributed by atoms with Crippen LogP contribution in [-0.2, 0) is 22.6 Å². The number of nitro groups is 1. The molecule has 36 heavy (non-hydrogen) atoms. The first kappa shape index (κ1) is 24.2. The number of carbonyl (C=O) groups excluding carboxylic acids is 2. The van der Waals surface area contributed by atoms with Crippen molar-refractivity contribution in [2.75, 3.05) is 44.2 Å². The number of piperazine rings is 1. The van der Waals surface area contributed by atoms with Gasteiger partial charge in [0.1, 0.15) is 5.82 Å². The van der Waals surface area contributed by atoms with Crippen molar-refractivity contribution in [3.8, 4) is 0 Å². The largest absolute Gasteiger partial charge is 0.365 e. The first-order valence-electron chi connectivity index (χ1n) is 12.5. The van der Waals surface area contributed by atoms with Crippen LogP contribution in [0.2, 0.25) is 0 Å². The van der Waals surface area contributed by atoms with Crippen LogP contribution >= 0.6 is 0 Å². The number of hydrogen-bond donors (Lipinski definition) is 1. The zero-order valence-corrected chi connectivity index (χ0v) is 20.1. The van der Waals surface area contributed by atoms with Crippen LogP contribution in [0.3, 0.4) is 0 Å². The van der Waals surface area contributed by atoms with E-state index in [-0.39, 0.29) is 35.9 Å². The van der Waals surface area contributed by atoms with E-state index >= 15 is 0 Å². The number of rotatable bonds is 6. The number of anilines is 1. The van der Waals surface area contributed by atoms with Crippen molar-refractivity contribution < 1.29 is 18.9 Å². The number of hydrogen-bond acceptors (Lipinski definition) is 6. The summed E-state index contributed by atoms with van der Waals surface area (Å²) in [5.74, 6) is -0.976. The Morgan fingerprint density at radius 3 is 2.61 bits per heavy atom. The zero-order valence-electron chi connectivity index (χ0n) is 20.1. The third-order valence-electron chi connectivity index (χ3n) is 7.56. The molecule has 5 rings (SSSR count). The molecule has 2 fully saturated rings. The van der Waals surface area contributed by atoms with E-state index in [1.54, 1.807) is 30.3 Å². The van der Waals surface area contributed by atoms with Crippen LogP contribution < -0.4 is 10.2 Å². The minimum atomic E-state index is -0.490. The number of nitrogens with one attached hydrogen (secondary N) is 1. The van der Waals surface area contributed by atoms with Crippen molar-refractivity contribution >= 4 is 23.2 Å². The zero-order chi connectivity index (χ0) is 25.2. The lowest BCUT2D eigenvalue weighted by Crippen LogP contribution is -2.62. The van der Waals surface area contributed by atoms with Crippen LogP contribution in [0.15, 0.2) is 42.5 Å². The lowest BCUT2D eigenvalue weighted by Gasteiger charge is -2.49. The third kappa shape index (κ3) is 4.90. The van der Waals surface area contributed by atoms with Crippen LogP contribution in [0, 0.1) is 21.8 Å². The van der Waals surface area contributed by atoms with Crippen LogP contribution in [0.25, 0.3) is 0 Å². The van der Waals surface area contributed by atoms with Gasteiger partial charge in [-0.15, -0.1) is 0 Å². The standard InChI is InChI=1S/C26H30FN5O4/c27-22-6-2-1-5-18(22)15-28-26(34)21-14-19-13-20(32(35)36)7-8-23(19)31-12-11-29(16-24(21)31)17-25(33)30-9-3-4-10-30/h1-2,5-8,13,21,24H,3-4,9-12,14-17H2,(H,28,34)/t21-,24+/m1/s1. The summed E-state index contributed by atoms with van der Waals surface area (Å²) in [6.07, 6.45) is 2.42. The van der Waals surface area contributed by atoms with E-state index in [4.69, 9.17) is 0 Å². The average Bonchev–Trinajstić information content (AvgIpc) is 3.42. The van der Waals surface area contributed by atoms with Crippen molar-refractivity contribution in [3.63, 3.8) is 0 Å². The van der Waals surface area contributed by atoms with E-state index in [0.717, 1.165) is 37.2 Å². The summed E-state index contributed by atoms with van der Waals surface area (Å²) >= 11 is 0. The molecule has 3 heterocycles. The molecule has 0 bridgehead atoms. The molecule has 0 radical (unpaired) electrons. The molecule has 0 unspecified atom stereocenters. The van der Waals surface area contributed by atoms with Gasteiger partial charge in [0, 0.05) is 62.7 Å². The molecular formula is C26H30FN5O4. The fraction of sp³-hybridized carbons (Fsp3) is 0.462. The Kier molecular flexibility index (Phi) is 6.86. The van der Waals surface area contributed by atoms with Crippen molar-refractivity contribution in [2.45, 2.75) is 31.8 Å². The van der Waals surface area contributed by atoms with E-state index < -0.39 is 10.8 Å². The SMILES string of the molecule is O=C(NCc1ccccc1F)[C@@H]1Cc2cc([N+](=O)[O-])ccc2N2CCN(CC(=O)N3CCCC3)C[C@@H]12. The second kappa shape index (κ2) is 10.2. The van der Waals surface area contributed by atoms with Crippen molar-refractivity contribution in [1.82, 2.24) is 15.1 Å². The Morgan fingerprint density at radius 2 is 1.86 bits per heavy atom. The Balaban J connectivity index is 1.36. The summed E-state index contributed by atoms with van der Waals surface area (Å²) in [6.45, 7) is 3.79. The van der Waals surface area contributed by atoms with Crippen LogP contribution in [-0.4, -0.2) is 71.8 Å². The van der Waals surface area contributed by atoms with Crippen LogP contribution in [0.1, 0.15) is 24.0 Å². The molecule has 2 amide bonds. The number of benzene rings is 2. The topological polar surface area (TPSA) is 99.0 Å². The fourth-order valence-electron chi connectivity index (χ4n) is 5.64. The summed E-state index contributed by atoms with van der Waals surface area (Å²) in [5.41, 5.74) is 2.05. The number of carbonyl (C=O) groups is 2. The van der Waals surface area contributed by atoms with Gasteiger partial charge in [-0.2, -0.15) is 0 Å². The molecule has 2 aromatic rings. The Bertz CT molecular complexity index is 1170. The minimum Gasteiger partial charge on any atom is -0.365 e. The quantitative estimate of drug-likeness (QED) is 0.488. The lowest BCUT2D eigenvalue weighted by molar-refractivity contribution is -0.384. The highest BCUT2D eigenvalue weighted by atomic mass is 19.1. The summed E-state index contributed by atoms with van der Waals surface area (Å²) in [5, 5.41) is 14.2. The summed E-state index contributed by atoms with van der Waals surface area (Å²) in [4.78, 5) is 43.3. The van der Waals surface area contributed by atoms with E-state index in [0.29, 0.717) is 38.2 Å². The maximum absolute atomic E-state index is 14.1. The molecule has 0 aromatic heterocycles. The number of non-ortho nitro benzene ring substituents is 1. The molecule has 0 saturated carbocycles. The third-order valence-corrected chi connectivity index (χ3v) is 7.56. The number of halogens is 1. The number of likely N-dealkylation sites (tertiary alicyclic amines) is 1. The Labute approximate surface area is 209 Å². The van der Waals surface area contributed by atoms with Gasteiger partial charge in [-0.25, -0.2) is 4.39 Å². The number of fused-ring (bicyclic) bond motifs is 3. The van der Waals surface area contributed by atoms with Crippen molar-refractivity contribution in [1.29, 1.82) is 0 Å². The molecule has 2 aromatic carbocycles. The summed E-state index contributed by atoms with van der Waals surface area (Å²) in [6, 6.07) is 10.9. The number of nitrogens with zero attached hydrogens (tertiary/aromatic N) is 4. The van der Waals surface area contributed by atoms with Gasteiger partial charge in [0.05, 0.1) is 23.4 Å². The van der Waals surface area contributed by atoms with Gasteiger partial charge in [0.2, 0.25) is 11.8 Å². The van der Waals surface area contributed by atoms with E-state index in [2.05, 4.69) is 15.1 Å². The monoisotopic (exact) mass is 495 g/mol. The highest BCUT2D eigenvalue weighted by Gasteiger charge is 2.42. The number of nitro benzene ring substituents is 1. The molecule has 2 saturated heterocycles. The average molecular weight is 496 g/mol. The molecule has 190 valence electrons. The maximum atomic E-state index is 14.1. The second-order valence-corrected chi connectivity index (χ2v) is 9.77. The highest BCUT2D eigenvalue weighted by Crippen LogP contribution is 2.38. The lowest BCUT2D eigenvalue weighted by atomic mass is 9.83. The molecule has 3 aliphatic heterocycles. The minimum absolute atomic E-state index is 0.00689. The van der Waals surface area contributed by atoms with Gasteiger partial charge in [-0.3, -0.25) is 24.6 Å². The molecule has 3 aliphatic rings. The maximum Gasteiger partial charge on any atom is 0.269 e. The van der Waals surface area contributed by atoms with E-state index in [1.165, 1.54) is 12.1 Å². The molecule has 9 nitrogen and oxygen atoms in total. The summed E-state index contributed by atoms with van der Waals surface area (Å²) in [7, 11) is 0. The van der Waals surface area contributed by atoms with Gasteiger partial charge in [-0.05, 0) is 37.0 Å². The van der Waals surface area contributed by atoms with Gasteiger partial charge < -0.3 is 15.1 Å². The van der Waals surface area contributed by atoms with Crippen molar-refractivity contribution in [3.05, 3.63) is 69.5 Å². The molecule has 2 atom stereocenters. The van der Waals surface area contributed by atoms with Crippen LogP contribution in [0.5, 0.6) is 0 Å². The molecule has 0 aliphatic carbocycles. The van der Waals surface area contributed by atoms with Gasteiger partial charge >= 0.3 is 0 Å². The first-order valence-corrected chi connectivity index (χ1v) is 12.5. The summed E-state index contributed by atoms with van der Waals surface area (Å²) < 4.78 is 14.1. The van der Waals surface area contributed by atoms with Crippen LogP contribution in [0.4, 0.5) is 15.8 Å². The first-order chi connectivity index (χ1) is 17.4. The predicted molar refractivity (Wildman–Crippen MR) is 132 cm³/mol. The molecular weight excluding hydrogens is 465 g/mol. The van der Waals surface area contributed by atoms with Crippen molar-refractivity contribution in [2.24, 2.45) is 5.92 Å². The van der Waals surface area contributed by atoms with Gasteiger partial charge in [0.25, 0.3) is 5.69 Å². The molecule has 10 heteroatoms. The fourth-order valence-corrected chi connectivity index (χ4v) is 5.64. The van der Waals surface area contributed by atoms with E-state index in [9.17, 15) is 24.1 Å². The Morgan fingerprint density at radius 1 is 1.08 bits per heavy atom.